The van der Waals surface area contributed by atoms with Crippen molar-refractivity contribution in [2.24, 2.45) is 11.8 Å². The Morgan fingerprint density at radius 3 is 2.67 bits per heavy atom. The number of piperidine rings is 1. The van der Waals surface area contributed by atoms with Crippen LogP contribution in [0.1, 0.15) is 39.0 Å². The Labute approximate surface area is 108 Å². The van der Waals surface area contributed by atoms with E-state index in [-0.39, 0.29) is 5.91 Å². The number of rotatable bonds is 7. The molecule has 104 valence electrons. The van der Waals surface area contributed by atoms with Crippen LogP contribution < -0.4 is 10.6 Å². The molecule has 1 aliphatic rings. The topological polar surface area (TPSA) is 78.4 Å². The number of carbonyl (C=O) groups is 2. The van der Waals surface area contributed by atoms with Gasteiger partial charge in [-0.1, -0.05) is 6.92 Å². The van der Waals surface area contributed by atoms with Gasteiger partial charge in [0.05, 0.1) is 5.92 Å². The van der Waals surface area contributed by atoms with E-state index in [0.717, 1.165) is 32.4 Å². The average Bonchev–Trinajstić information content (AvgIpc) is 2.37. The van der Waals surface area contributed by atoms with Crippen molar-refractivity contribution in [3.63, 3.8) is 0 Å². The summed E-state index contributed by atoms with van der Waals surface area (Å²) >= 11 is 0. The first-order valence-electron chi connectivity index (χ1n) is 6.80. The van der Waals surface area contributed by atoms with Gasteiger partial charge >= 0.3 is 5.97 Å². The lowest BCUT2D eigenvalue weighted by Gasteiger charge is -2.22. The van der Waals surface area contributed by atoms with Gasteiger partial charge in [0.25, 0.3) is 0 Å². The fraction of sp³-hybridized carbons (Fsp3) is 0.846. The molecule has 0 saturated carbocycles. The molecule has 0 aromatic carbocycles. The highest BCUT2D eigenvalue weighted by molar-refractivity contribution is 5.76. The quantitative estimate of drug-likeness (QED) is 0.635. The normalized spacial score (nSPS) is 18.3. The van der Waals surface area contributed by atoms with Gasteiger partial charge in [-0.2, -0.15) is 0 Å². The van der Waals surface area contributed by atoms with E-state index in [1.54, 1.807) is 6.92 Å². The summed E-state index contributed by atoms with van der Waals surface area (Å²) < 4.78 is 0. The molecular weight excluding hydrogens is 232 g/mol. The average molecular weight is 256 g/mol. The molecule has 0 aliphatic carbocycles. The molecule has 0 spiro atoms. The van der Waals surface area contributed by atoms with Crippen molar-refractivity contribution in [2.75, 3.05) is 19.6 Å². The van der Waals surface area contributed by atoms with Gasteiger partial charge in [0.2, 0.25) is 5.91 Å². The first kappa shape index (κ1) is 15.0. The lowest BCUT2D eigenvalue weighted by atomic mass is 9.93. The zero-order valence-corrected chi connectivity index (χ0v) is 11.1. The van der Waals surface area contributed by atoms with Crippen molar-refractivity contribution in [3.8, 4) is 0 Å². The van der Waals surface area contributed by atoms with Crippen molar-refractivity contribution in [1.82, 2.24) is 10.6 Å². The van der Waals surface area contributed by atoms with Gasteiger partial charge < -0.3 is 15.7 Å². The van der Waals surface area contributed by atoms with E-state index in [1.165, 1.54) is 0 Å². The Morgan fingerprint density at radius 2 is 2.06 bits per heavy atom. The fourth-order valence-corrected chi connectivity index (χ4v) is 2.15. The third kappa shape index (κ3) is 6.00. The van der Waals surface area contributed by atoms with Crippen molar-refractivity contribution in [3.05, 3.63) is 0 Å². The molecule has 18 heavy (non-hydrogen) atoms. The Hall–Kier alpha value is -1.10. The van der Waals surface area contributed by atoms with Crippen LogP contribution >= 0.6 is 0 Å². The van der Waals surface area contributed by atoms with Gasteiger partial charge in [0.15, 0.2) is 0 Å². The molecule has 0 bridgehead atoms. The molecule has 0 aromatic heterocycles. The highest BCUT2D eigenvalue weighted by Crippen LogP contribution is 2.17. The predicted octanol–water partition coefficient (Wildman–Crippen LogP) is 0.993. The van der Waals surface area contributed by atoms with E-state index in [4.69, 9.17) is 5.11 Å². The second-order valence-corrected chi connectivity index (χ2v) is 5.11. The van der Waals surface area contributed by atoms with Gasteiger partial charge in [0.1, 0.15) is 0 Å². The monoisotopic (exact) mass is 256 g/mol. The third-order valence-corrected chi connectivity index (χ3v) is 3.56. The van der Waals surface area contributed by atoms with Crippen molar-refractivity contribution in [1.29, 1.82) is 0 Å². The van der Waals surface area contributed by atoms with E-state index >= 15 is 0 Å². The molecule has 3 N–H and O–H groups in total. The molecule has 0 radical (unpaired) electrons. The molecule has 1 aliphatic heterocycles. The Bertz CT molecular complexity index is 275. The predicted molar refractivity (Wildman–Crippen MR) is 69.3 cm³/mol. The second-order valence-electron chi connectivity index (χ2n) is 5.11. The summed E-state index contributed by atoms with van der Waals surface area (Å²) in [5, 5.41) is 14.8. The molecule has 0 aromatic rings. The van der Waals surface area contributed by atoms with Crippen LogP contribution in [-0.2, 0) is 9.59 Å². The molecule has 5 nitrogen and oxygen atoms in total. The number of amides is 1. The molecule has 1 saturated heterocycles. The van der Waals surface area contributed by atoms with Crippen LogP contribution in [0.2, 0.25) is 0 Å². The maximum absolute atomic E-state index is 11.6. The van der Waals surface area contributed by atoms with Crippen LogP contribution in [0.4, 0.5) is 0 Å². The zero-order valence-electron chi connectivity index (χ0n) is 11.1. The summed E-state index contributed by atoms with van der Waals surface area (Å²) in [4.78, 5) is 22.2. The molecule has 1 fully saturated rings. The van der Waals surface area contributed by atoms with Crippen LogP contribution in [0, 0.1) is 11.8 Å². The van der Waals surface area contributed by atoms with Gasteiger partial charge in [-0.05, 0) is 44.7 Å². The van der Waals surface area contributed by atoms with Gasteiger partial charge in [0, 0.05) is 13.0 Å². The summed E-state index contributed by atoms with van der Waals surface area (Å²) in [5.74, 6) is -0.491. The van der Waals surface area contributed by atoms with Gasteiger partial charge in [-0.25, -0.2) is 0 Å². The standard InChI is InChI=1S/C13H24N2O3/c1-10(13(17)18)4-9-15-12(16)3-2-11-5-7-14-8-6-11/h10-11,14H,2-9H2,1H3,(H,15,16)(H,17,18). The lowest BCUT2D eigenvalue weighted by Crippen LogP contribution is -2.30. The lowest BCUT2D eigenvalue weighted by molar-refractivity contribution is -0.141. The van der Waals surface area contributed by atoms with E-state index < -0.39 is 11.9 Å². The first-order chi connectivity index (χ1) is 8.59. The number of hydrogen-bond acceptors (Lipinski definition) is 3. The maximum Gasteiger partial charge on any atom is 0.306 e. The minimum atomic E-state index is -0.807. The molecule has 1 unspecified atom stereocenters. The Morgan fingerprint density at radius 1 is 1.39 bits per heavy atom. The molecule has 1 atom stereocenters. The largest absolute Gasteiger partial charge is 0.481 e. The number of aliphatic carboxylic acids is 1. The van der Waals surface area contributed by atoms with E-state index in [9.17, 15) is 9.59 Å². The SMILES string of the molecule is CC(CCNC(=O)CCC1CCNCC1)C(=O)O. The second kappa shape index (κ2) is 8.08. The highest BCUT2D eigenvalue weighted by atomic mass is 16.4. The summed E-state index contributed by atoms with van der Waals surface area (Å²) in [6, 6.07) is 0. The van der Waals surface area contributed by atoms with Crippen LogP contribution in [0.25, 0.3) is 0 Å². The molecule has 5 heteroatoms. The maximum atomic E-state index is 11.6. The van der Waals surface area contributed by atoms with Crippen LogP contribution in [0.3, 0.4) is 0 Å². The number of hydrogen-bond donors (Lipinski definition) is 3. The number of nitrogens with one attached hydrogen (secondary N) is 2. The van der Waals surface area contributed by atoms with Crippen molar-refractivity contribution in [2.45, 2.75) is 39.0 Å². The summed E-state index contributed by atoms with van der Waals surface area (Å²) in [6.45, 7) is 4.23. The third-order valence-electron chi connectivity index (χ3n) is 3.56. The minimum absolute atomic E-state index is 0.0473. The molecule has 1 heterocycles. The fourth-order valence-electron chi connectivity index (χ4n) is 2.15. The number of carboxylic acid groups (broad SMARTS) is 1. The van der Waals surface area contributed by atoms with Crippen LogP contribution in [-0.4, -0.2) is 36.6 Å². The van der Waals surface area contributed by atoms with Crippen molar-refractivity contribution >= 4 is 11.9 Å². The van der Waals surface area contributed by atoms with Gasteiger partial charge in [-0.3, -0.25) is 9.59 Å². The molecular formula is C13H24N2O3. The minimum Gasteiger partial charge on any atom is -0.481 e. The van der Waals surface area contributed by atoms with Crippen molar-refractivity contribution < 1.29 is 14.7 Å². The Kier molecular flexibility index (Phi) is 6.72. The summed E-state index contributed by atoms with van der Waals surface area (Å²) in [7, 11) is 0. The summed E-state index contributed by atoms with van der Waals surface area (Å²) in [6.07, 6.45) is 4.31. The van der Waals surface area contributed by atoms with Crippen LogP contribution in [0.5, 0.6) is 0 Å². The smallest absolute Gasteiger partial charge is 0.306 e. The highest BCUT2D eigenvalue weighted by Gasteiger charge is 2.15. The number of carboxylic acids is 1. The van der Waals surface area contributed by atoms with E-state index in [1.807, 2.05) is 0 Å². The zero-order chi connectivity index (χ0) is 13.4. The first-order valence-corrected chi connectivity index (χ1v) is 6.80. The molecule has 1 rings (SSSR count). The van der Waals surface area contributed by atoms with E-state index in [0.29, 0.717) is 25.3 Å². The van der Waals surface area contributed by atoms with Gasteiger partial charge in [-0.15, -0.1) is 0 Å². The Balaban J connectivity index is 2.04. The molecule has 1 amide bonds. The van der Waals surface area contributed by atoms with E-state index in [2.05, 4.69) is 10.6 Å². The van der Waals surface area contributed by atoms with Crippen LogP contribution in [0.15, 0.2) is 0 Å². The number of carbonyl (C=O) groups excluding carboxylic acids is 1. The summed E-state index contributed by atoms with van der Waals surface area (Å²) in [5.41, 5.74) is 0.